The van der Waals surface area contributed by atoms with Crippen LogP contribution in [-0.2, 0) is 0 Å². The summed E-state index contributed by atoms with van der Waals surface area (Å²) in [7, 11) is 0.252. The molecule has 0 aromatic carbocycles. The topological polar surface area (TPSA) is 0 Å². The fourth-order valence-electron chi connectivity index (χ4n) is 0. The molecule has 0 spiro atoms. The number of hydrogen-bond acceptors (Lipinski definition) is 0. The van der Waals surface area contributed by atoms with Gasteiger partial charge in [-0.1, -0.05) is 27.3 Å². The predicted molar refractivity (Wildman–Crippen MR) is 62.2 cm³/mol. The number of halogens is 2. The summed E-state index contributed by atoms with van der Waals surface area (Å²) in [6.45, 7) is 9.26. The molecule has 0 atom stereocenters. The summed E-state index contributed by atoms with van der Waals surface area (Å²) >= 11 is 4.24. The van der Waals surface area contributed by atoms with E-state index in [1.165, 1.54) is 0 Å². The fourth-order valence-corrected chi connectivity index (χ4v) is 0. The average molecular weight is 356 g/mol. The Balaban J connectivity index is 0. The molecular weight excluding hydrogens is 342 g/mol. The highest BCUT2D eigenvalue weighted by Crippen LogP contribution is 2.18. The summed E-state index contributed by atoms with van der Waals surface area (Å²) in [5, 5.41) is 0.681. The molecule has 0 amide bonds. The van der Waals surface area contributed by atoms with Crippen LogP contribution in [0.5, 0.6) is 0 Å². The molecule has 0 saturated heterocycles. The summed E-state index contributed by atoms with van der Waals surface area (Å²) in [6, 6.07) is 0. The van der Waals surface area contributed by atoms with Gasteiger partial charge >= 0.3 is 0 Å². The van der Waals surface area contributed by atoms with Crippen molar-refractivity contribution in [3.8, 4) is 0 Å². The molecule has 0 aliphatic rings. The van der Waals surface area contributed by atoms with Crippen LogP contribution in [0, 0.1) is 0 Å². The highest BCUT2D eigenvalue weighted by atomic mass is 128. The lowest BCUT2D eigenvalue weighted by Crippen LogP contribution is -2.01. The summed E-state index contributed by atoms with van der Waals surface area (Å²) in [6.07, 6.45) is 0. The predicted octanol–water partition coefficient (Wildman–Crippen LogP) is 3.19. The Hall–Kier alpha value is 1.68. The average Bonchev–Trinajstić information content (AvgIpc) is 1.71. The zero-order valence-electron chi connectivity index (χ0n) is 5.96. The zero-order chi connectivity index (χ0) is 7.21. The first-order valence-corrected chi connectivity index (χ1v) is 11.1. The fraction of sp³-hybridized carbons (Fsp3) is 1.00. The largest absolute Gasteiger partial charge is 0.0744 e. The Morgan fingerprint density at radius 2 is 1.25 bits per heavy atom. The maximum Gasteiger partial charge on any atom is 0.0229 e. The molecule has 0 bridgehead atoms. The van der Waals surface area contributed by atoms with E-state index in [0.29, 0.717) is 5.04 Å². The third kappa shape index (κ3) is 15.6. The normalized spacial score (nSPS) is 11.2. The monoisotopic (exact) mass is 356 g/mol. The van der Waals surface area contributed by atoms with Crippen LogP contribution in [-0.4, -0.2) is 9.52 Å². The van der Waals surface area contributed by atoms with Gasteiger partial charge in [0.15, 0.2) is 0 Å². The van der Waals surface area contributed by atoms with Crippen molar-refractivity contribution in [2.75, 3.05) is 0 Å². The van der Waals surface area contributed by atoms with Crippen molar-refractivity contribution in [3.05, 3.63) is 0 Å². The van der Waals surface area contributed by atoms with Crippen molar-refractivity contribution in [1.29, 1.82) is 0 Å². The van der Waals surface area contributed by atoms with E-state index in [1.807, 2.05) is 0 Å². The van der Waals surface area contributed by atoms with Gasteiger partial charge < -0.3 is 0 Å². The van der Waals surface area contributed by atoms with E-state index in [-0.39, 0.29) is 9.52 Å². The minimum absolute atomic E-state index is 0.252. The first-order chi connectivity index (χ1) is 3.56. The maximum atomic E-state index is 2.35. The van der Waals surface area contributed by atoms with Gasteiger partial charge in [-0.25, -0.2) is 0 Å². The van der Waals surface area contributed by atoms with Crippen molar-refractivity contribution in [2.45, 2.75) is 32.4 Å². The quantitative estimate of drug-likeness (QED) is 0.462. The summed E-state index contributed by atoms with van der Waals surface area (Å²) in [5.74, 6) is 0. The molecule has 0 N–H and O–H groups in total. The van der Waals surface area contributed by atoms with Crippen LogP contribution in [0.4, 0.5) is 0 Å². The SMILES string of the molecule is C[SiH2]C(C)(C)C.II. The van der Waals surface area contributed by atoms with E-state index in [4.69, 9.17) is 0 Å². The highest BCUT2D eigenvalue weighted by molar-refractivity contribution is 15.0. The minimum Gasteiger partial charge on any atom is -0.0744 e. The van der Waals surface area contributed by atoms with Crippen LogP contribution in [0.15, 0.2) is 0 Å². The second kappa shape index (κ2) is 6.79. The van der Waals surface area contributed by atoms with Crippen molar-refractivity contribution >= 4 is 46.8 Å². The van der Waals surface area contributed by atoms with Gasteiger partial charge in [-0.2, -0.15) is 0 Å². The van der Waals surface area contributed by atoms with Crippen LogP contribution in [0.1, 0.15) is 20.8 Å². The van der Waals surface area contributed by atoms with Gasteiger partial charge in [0.05, 0.1) is 0 Å². The Morgan fingerprint density at radius 3 is 1.25 bits per heavy atom. The van der Waals surface area contributed by atoms with Gasteiger partial charge in [-0.3, -0.25) is 0 Å². The smallest absolute Gasteiger partial charge is 0.0229 e. The van der Waals surface area contributed by atoms with Crippen molar-refractivity contribution in [3.63, 3.8) is 0 Å². The van der Waals surface area contributed by atoms with Gasteiger partial charge in [0.25, 0.3) is 0 Å². The van der Waals surface area contributed by atoms with Crippen molar-refractivity contribution < 1.29 is 0 Å². The number of rotatable bonds is 0. The first-order valence-electron chi connectivity index (χ1n) is 2.70. The Morgan fingerprint density at radius 1 is 1.12 bits per heavy atom. The lowest BCUT2D eigenvalue weighted by Gasteiger charge is -2.11. The van der Waals surface area contributed by atoms with E-state index in [9.17, 15) is 0 Å². The molecule has 0 aromatic rings. The minimum atomic E-state index is 0.252. The van der Waals surface area contributed by atoms with E-state index < -0.39 is 0 Å². The van der Waals surface area contributed by atoms with E-state index in [2.05, 4.69) is 64.5 Å². The van der Waals surface area contributed by atoms with Crippen LogP contribution >= 0.6 is 37.2 Å². The van der Waals surface area contributed by atoms with E-state index in [0.717, 1.165) is 0 Å². The molecule has 0 saturated carbocycles. The molecular formula is C5H14I2Si. The second-order valence-electron chi connectivity index (χ2n) is 2.91. The molecule has 0 rings (SSSR count). The molecule has 0 aromatic heterocycles. The standard InChI is InChI=1S/C5H14Si.I2/c1-5(2,3)6-4;1-2/h6H2,1-4H3;. The Labute approximate surface area is 78.3 Å². The van der Waals surface area contributed by atoms with Gasteiger partial charge in [0.2, 0.25) is 0 Å². The van der Waals surface area contributed by atoms with Gasteiger partial charge in [0.1, 0.15) is 0 Å². The molecule has 0 fully saturated rings. The van der Waals surface area contributed by atoms with E-state index >= 15 is 0 Å². The lowest BCUT2D eigenvalue weighted by molar-refractivity contribution is 0.756. The molecule has 0 radical (unpaired) electrons. The molecule has 0 aliphatic carbocycles. The molecule has 8 heavy (non-hydrogen) atoms. The first kappa shape index (κ1) is 12.4. The maximum absolute atomic E-state index is 2.35. The summed E-state index contributed by atoms with van der Waals surface area (Å²) in [4.78, 5) is 0. The Kier molecular flexibility index (Phi) is 10.5. The zero-order valence-corrected chi connectivity index (χ0v) is 11.7. The molecule has 0 unspecified atom stereocenters. The molecule has 0 aliphatic heterocycles. The van der Waals surface area contributed by atoms with Crippen molar-refractivity contribution in [2.24, 2.45) is 0 Å². The van der Waals surface area contributed by atoms with Gasteiger partial charge in [-0.15, -0.1) is 0 Å². The van der Waals surface area contributed by atoms with Crippen LogP contribution < -0.4 is 0 Å². The summed E-state index contributed by atoms with van der Waals surface area (Å²) < 4.78 is 0. The molecule has 52 valence electrons. The molecule has 0 nitrogen and oxygen atoms in total. The third-order valence-corrected chi connectivity index (χ3v) is 3.18. The Bertz CT molecular complexity index is 40.2. The third-order valence-electron chi connectivity index (χ3n) is 1.06. The van der Waals surface area contributed by atoms with E-state index in [1.54, 1.807) is 0 Å². The molecule has 3 heteroatoms. The van der Waals surface area contributed by atoms with Crippen molar-refractivity contribution in [1.82, 2.24) is 0 Å². The second-order valence-corrected chi connectivity index (χ2v) is 5.74. The van der Waals surface area contributed by atoms with Crippen LogP contribution in [0.2, 0.25) is 11.6 Å². The van der Waals surface area contributed by atoms with Gasteiger partial charge in [-0.05, 0) is 5.04 Å². The number of hydrogen-bond donors (Lipinski definition) is 0. The highest BCUT2D eigenvalue weighted by Gasteiger charge is 2.04. The van der Waals surface area contributed by atoms with Crippen LogP contribution in [0.3, 0.4) is 0 Å². The van der Waals surface area contributed by atoms with Crippen LogP contribution in [0.25, 0.3) is 0 Å². The van der Waals surface area contributed by atoms with Gasteiger partial charge in [0, 0.05) is 46.8 Å². The lowest BCUT2D eigenvalue weighted by atomic mass is 10.3. The summed E-state index contributed by atoms with van der Waals surface area (Å²) in [5.41, 5.74) is 0. The molecule has 0 heterocycles.